The van der Waals surface area contributed by atoms with Crippen LogP contribution in [0.4, 0.5) is 0 Å². The molecule has 5 nitrogen and oxygen atoms in total. The Morgan fingerprint density at radius 2 is 1.86 bits per heavy atom. The van der Waals surface area contributed by atoms with E-state index in [0.29, 0.717) is 6.42 Å². The van der Waals surface area contributed by atoms with Crippen molar-refractivity contribution in [3.05, 3.63) is 35.9 Å². The quantitative estimate of drug-likeness (QED) is 0.731. The normalized spacial score (nSPS) is 24.1. The van der Waals surface area contributed by atoms with E-state index in [-0.39, 0.29) is 12.5 Å². The van der Waals surface area contributed by atoms with Crippen molar-refractivity contribution in [1.29, 1.82) is 0 Å². The third-order valence-electron chi connectivity index (χ3n) is 4.27. The first-order chi connectivity index (χ1) is 9.87. The monoisotopic (exact) mass is 291 g/mol. The number of amides is 1. The fraction of sp³-hybridized carbons (Fsp3) is 0.500. The van der Waals surface area contributed by atoms with Gasteiger partial charge in [0.15, 0.2) is 0 Å². The molecule has 1 aliphatic carbocycles. The van der Waals surface area contributed by atoms with Crippen LogP contribution in [0, 0.1) is 17.3 Å². The number of nitrogens with one attached hydrogen (secondary N) is 1. The molecule has 21 heavy (non-hydrogen) atoms. The van der Waals surface area contributed by atoms with E-state index in [1.807, 2.05) is 30.3 Å². The number of hydrogen-bond acceptors (Lipinski definition) is 3. The van der Waals surface area contributed by atoms with E-state index >= 15 is 0 Å². The van der Waals surface area contributed by atoms with Gasteiger partial charge in [-0.25, -0.2) is 0 Å². The average molecular weight is 291 g/mol. The van der Waals surface area contributed by atoms with Gasteiger partial charge >= 0.3 is 5.97 Å². The highest BCUT2D eigenvalue weighted by Gasteiger charge is 2.65. The van der Waals surface area contributed by atoms with Crippen LogP contribution in [0.1, 0.15) is 19.4 Å². The van der Waals surface area contributed by atoms with Crippen LogP contribution >= 0.6 is 0 Å². The zero-order valence-corrected chi connectivity index (χ0v) is 12.2. The molecular weight excluding hydrogens is 270 g/mol. The Labute approximate surface area is 124 Å². The minimum atomic E-state index is -0.941. The summed E-state index contributed by atoms with van der Waals surface area (Å²) in [6, 6.07) is 9.16. The Hall–Kier alpha value is -1.88. The molecule has 1 aromatic carbocycles. The number of carbonyl (C=O) groups excluding carboxylic acids is 1. The van der Waals surface area contributed by atoms with E-state index in [0.717, 1.165) is 5.56 Å². The van der Waals surface area contributed by atoms with Crippen LogP contribution < -0.4 is 5.32 Å². The maximum Gasteiger partial charge on any atom is 0.307 e. The first kappa shape index (κ1) is 15.5. The topological polar surface area (TPSA) is 86.6 Å². The van der Waals surface area contributed by atoms with Crippen molar-refractivity contribution < 1.29 is 19.8 Å². The van der Waals surface area contributed by atoms with E-state index < -0.39 is 29.3 Å². The highest BCUT2D eigenvalue weighted by Crippen LogP contribution is 2.58. The van der Waals surface area contributed by atoms with Crippen molar-refractivity contribution in [1.82, 2.24) is 5.32 Å². The molecular formula is C16H21NO4. The van der Waals surface area contributed by atoms with Crippen molar-refractivity contribution in [2.75, 3.05) is 6.61 Å². The van der Waals surface area contributed by atoms with E-state index in [1.54, 1.807) is 13.8 Å². The van der Waals surface area contributed by atoms with Gasteiger partial charge in [-0.3, -0.25) is 9.59 Å². The molecule has 3 N–H and O–H groups in total. The summed E-state index contributed by atoms with van der Waals surface area (Å²) in [4.78, 5) is 23.3. The Balaban J connectivity index is 1.97. The summed E-state index contributed by atoms with van der Waals surface area (Å²) in [5.41, 5.74) is 0.490. The van der Waals surface area contributed by atoms with Gasteiger partial charge in [-0.2, -0.15) is 0 Å². The predicted octanol–water partition coefficient (Wildman–Crippen LogP) is 1.06. The Morgan fingerprint density at radius 1 is 1.24 bits per heavy atom. The third-order valence-corrected chi connectivity index (χ3v) is 4.27. The van der Waals surface area contributed by atoms with Crippen molar-refractivity contribution in [2.24, 2.45) is 17.3 Å². The standard InChI is InChI=1S/C16H21NO4/c1-16(2)12(13(16)15(20)21)14(19)17-11(9-18)8-10-6-4-3-5-7-10/h3-7,11-13,18H,8-9H2,1-2H3,(H,17,19)(H,20,21)/t11?,12-,13+/m1/s1. The Kier molecular flexibility index (Phi) is 4.32. The number of hydrogen-bond donors (Lipinski definition) is 3. The zero-order valence-electron chi connectivity index (χ0n) is 12.2. The molecule has 114 valence electrons. The van der Waals surface area contributed by atoms with Gasteiger partial charge in [-0.1, -0.05) is 44.2 Å². The van der Waals surface area contributed by atoms with Crippen LogP contribution in [0.2, 0.25) is 0 Å². The second kappa shape index (κ2) is 5.85. The highest BCUT2D eigenvalue weighted by atomic mass is 16.4. The van der Waals surface area contributed by atoms with Gasteiger partial charge in [-0.05, 0) is 17.4 Å². The van der Waals surface area contributed by atoms with Crippen LogP contribution in [-0.4, -0.2) is 34.7 Å². The molecule has 0 bridgehead atoms. The molecule has 0 spiro atoms. The van der Waals surface area contributed by atoms with Crippen LogP contribution in [0.3, 0.4) is 0 Å². The smallest absolute Gasteiger partial charge is 0.307 e. The number of benzene rings is 1. The molecule has 0 aliphatic heterocycles. The van der Waals surface area contributed by atoms with Gasteiger partial charge in [0.05, 0.1) is 24.5 Å². The molecule has 0 aromatic heterocycles. The van der Waals surface area contributed by atoms with Crippen molar-refractivity contribution >= 4 is 11.9 Å². The average Bonchev–Trinajstić information content (AvgIpc) is 3.02. The number of aliphatic hydroxyl groups is 1. The summed E-state index contributed by atoms with van der Waals surface area (Å²) in [6.07, 6.45) is 0.522. The molecule has 5 heteroatoms. The third kappa shape index (κ3) is 3.24. The molecule has 0 saturated heterocycles. The fourth-order valence-corrected chi connectivity index (χ4v) is 2.94. The maximum atomic E-state index is 12.2. The molecule has 3 atom stereocenters. The van der Waals surface area contributed by atoms with Crippen molar-refractivity contribution in [2.45, 2.75) is 26.3 Å². The number of carboxylic acids is 1. The second-order valence-electron chi connectivity index (χ2n) is 6.19. The summed E-state index contributed by atoms with van der Waals surface area (Å²) in [5.74, 6) is -2.40. The molecule has 1 unspecified atom stereocenters. The second-order valence-corrected chi connectivity index (χ2v) is 6.19. The summed E-state index contributed by atoms with van der Waals surface area (Å²) < 4.78 is 0. The number of carboxylic acid groups (broad SMARTS) is 1. The highest BCUT2D eigenvalue weighted by molar-refractivity contribution is 5.91. The molecule has 1 aromatic rings. The van der Waals surface area contributed by atoms with Crippen molar-refractivity contribution in [3.8, 4) is 0 Å². The zero-order chi connectivity index (χ0) is 15.6. The SMILES string of the molecule is CC1(C)[C@H](C(=O)O)[C@@H]1C(=O)NC(CO)Cc1ccccc1. The van der Waals surface area contributed by atoms with E-state index in [2.05, 4.69) is 5.32 Å². The van der Waals surface area contributed by atoms with E-state index in [4.69, 9.17) is 5.11 Å². The van der Waals surface area contributed by atoms with E-state index in [9.17, 15) is 14.7 Å². The van der Waals surface area contributed by atoms with Gasteiger partial charge in [0.1, 0.15) is 0 Å². The molecule has 1 aliphatic rings. The first-order valence-corrected chi connectivity index (χ1v) is 7.06. The van der Waals surface area contributed by atoms with Crippen LogP contribution in [-0.2, 0) is 16.0 Å². The lowest BCUT2D eigenvalue weighted by molar-refractivity contribution is -0.140. The van der Waals surface area contributed by atoms with Crippen LogP contribution in [0.5, 0.6) is 0 Å². The lowest BCUT2D eigenvalue weighted by atomic mass is 10.1. The van der Waals surface area contributed by atoms with Gasteiger partial charge in [0.2, 0.25) is 5.91 Å². The van der Waals surface area contributed by atoms with Gasteiger partial charge in [0.25, 0.3) is 0 Å². The first-order valence-electron chi connectivity index (χ1n) is 7.06. The minimum Gasteiger partial charge on any atom is -0.481 e. The van der Waals surface area contributed by atoms with Gasteiger partial charge in [-0.15, -0.1) is 0 Å². The lowest BCUT2D eigenvalue weighted by Gasteiger charge is -2.17. The molecule has 0 heterocycles. The molecule has 1 amide bonds. The van der Waals surface area contributed by atoms with Gasteiger partial charge in [0, 0.05) is 0 Å². The number of aliphatic carboxylic acids is 1. The van der Waals surface area contributed by atoms with E-state index in [1.165, 1.54) is 0 Å². The number of rotatable bonds is 6. The fourth-order valence-electron chi connectivity index (χ4n) is 2.94. The largest absolute Gasteiger partial charge is 0.481 e. The maximum absolute atomic E-state index is 12.2. The Bertz CT molecular complexity index is 526. The number of carbonyl (C=O) groups is 2. The molecule has 0 radical (unpaired) electrons. The number of aliphatic hydroxyl groups excluding tert-OH is 1. The van der Waals surface area contributed by atoms with Crippen LogP contribution in [0.25, 0.3) is 0 Å². The molecule has 1 saturated carbocycles. The summed E-state index contributed by atoms with van der Waals surface area (Å²) >= 11 is 0. The minimum absolute atomic E-state index is 0.175. The molecule has 1 fully saturated rings. The molecule has 2 rings (SSSR count). The Morgan fingerprint density at radius 3 is 2.33 bits per heavy atom. The van der Waals surface area contributed by atoms with Crippen LogP contribution in [0.15, 0.2) is 30.3 Å². The predicted molar refractivity (Wildman–Crippen MR) is 77.6 cm³/mol. The van der Waals surface area contributed by atoms with Crippen molar-refractivity contribution in [3.63, 3.8) is 0 Å². The summed E-state index contributed by atoms with van der Waals surface area (Å²) in [7, 11) is 0. The summed E-state index contributed by atoms with van der Waals surface area (Å²) in [6.45, 7) is 3.38. The van der Waals surface area contributed by atoms with Gasteiger partial charge < -0.3 is 15.5 Å². The summed E-state index contributed by atoms with van der Waals surface area (Å²) in [5, 5.41) is 21.3. The lowest BCUT2D eigenvalue weighted by Crippen LogP contribution is -2.40.